The summed E-state index contributed by atoms with van der Waals surface area (Å²) < 4.78 is 53.8. The summed E-state index contributed by atoms with van der Waals surface area (Å²) in [5.41, 5.74) is 23.3. The lowest BCUT2D eigenvalue weighted by Crippen LogP contribution is -2.44. The molecule has 27 nitrogen and oxygen atoms in total. The summed E-state index contributed by atoms with van der Waals surface area (Å²) >= 11 is 0. The topological polar surface area (TPSA) is 279 Å². The van der Waals surface area contributed by atoms with Crippen molar-refractivity contribution in [3.63, 3.8) is 0 Å². The van der Waals surface area contributed by atoms with Gasteiger partial charge in [0, 0.05) is 119 Å². The minimum atomic E-state index is -0.107. The summed E-state index contributed by atoms with van der Waals surface area (Å²) in [6.07, 6.45) is 28.1. The molecule has 12 aliphatic heterocycles. The lowest BCUT2D eigenvalue weighted by Gasteiger charge is -2.34. The van der Waals surface area contributed by atoms with Crippen LogP contribution in [0.15, 0.2) is 194 Å². The summed E-state index contributed by atoms with van der Waals surface area (Å²) in [4.78, 5) is 120. The van der Waals surface area contributed by atoms with Gasteiger partial charge in [0.1, 0.15) is 17.2 Å². The highest BCUT2D eigenvalue weighted by atomic mass is 16.5. The molecule has 0 aromatic heterocycles. The predicted molar refractivity (Wildman–Crippen MR) is 559 cm³/mol. The Labute approximate surface area is 840 Å². The molecular weight excluding hydrogens is 1810 g/mol. The third-order valence-corrected chi connectivity index (χ3v) is 29.3. The van der Waals surface area contributed by atoms with Gasteiger partial charge >= 0.3 is 0 Å². The molecule has 12 heterocycles. The zero-order chi connectivity index (χ0) is 99.3. The zero-order valence-electron chi connectivity index (χ0n) is 83.3. The number of methoxy groups -OCH3 is 3. The van der Waals surface area contributed by atoms with E-state index in [1.54, 1.807) is 39.5 Å². The van der Waals surface area contributed by atoms with Crippen molar-refractivity contribution in [2.75, 3.05) is 74.1 Å². The Bertz CT molecular complexity index is 6920. The van der Waals surface area contributed by atoms with Gasteiger partial charge in [-0.25, -0.2) is 0 Å². The molecule has 10 aromatic rings. The zero-order valence-corrected chi connectivity index (χ0v) is 83.3. The number of nitrogens with zero attached hydrogens (tertiary/aromatic N) is 12. The Morgan fingerprint density at radius 1 is 0.278 bits per heavy atom. The van der Waals surface area contributed by atoms with Crippen LogP contribution in [0.5, 0.6) is 51.7 Å². The van der Waals surface area contributed by atoms with Crippen molar-refractivity contribution in [1.82, 2.24) is 29.4 Å². The van der Waals surface area contributed by atoms with E-state index in [2.05, 4.69) is 104 Å². The molecule has 0 spiro atoms. The van der Waals surface area contributed by atoms with Crippen molar-refractivity contribution in [2.24, 2.45) is 30.0 Å². The van der Waals surface area contributed by atoms with Crippen molar-refractivity contribution in [3.8, 4) is 51.7 Å². The van der Waals surface area contributed by atoms with E-state index in [-0.39, 0.29) is 71.7 Å². The fourth-order valence-corrected chi connectivity index (χ4v) is 21.2. The first-order valence-corrected chi connectivity index (χ1v) is 50.7. The van der Waals surface area contributed by atoms with Gasteiger partial charge in [-0.2, -0.15) is 0 Å². The minimum absolute atomic E-state index is 0.0411. The van der Waals surface area contributed by atoms with Gasteiger partial charge in [0.05, 0.1) is 165 Å². The van der Waals surface area contributed by atoms with Crippen LogP contribution in [0.3, 0.4) is 0 Å². The highest BCUT2D eigenvalue weighted by molar-refractivity contribution is 6.09. The lowest BCUT2D eigenvalue weighted by molar-refractivity contribution is 0.0696. The molecule has 0 saturated carbocycles. The molecule has 0 radical (unpaired) electrons. The van der Waals surface area contributed by atoms with Crippen LogP contribution < -0.4 is 42.6 Å². The molecule has 0 aliphatic carbocycles. The highest BCUT2D eigenvalue weighted by Gasteiger charge is 2.41. The number of carbonyl (C=O) groups is 6. The summed E-state index contributed by atoms with van der Waals surface area (Å²) in [6, 6.07) is 51.5. The monoisotopic (exact) mass is 1930 g/mol. The molecular formula is C117H122N12O15. The quantitative estimate of drug-likeness (QED) is 0.0412. The molecule has 22 rings (SSSR count). The second-order valence-electron chi connectivity index (χ2n) is 39.3. The Morgan fingerprint density at radius 3 is 0.958 bits per heavy atom. The molecule has 12 aliphatic rings. The van der Waals surface area contributed by atoms with Crippen LogP contribution in [0.25, 0.3) is 5.57 Å². The van der Waals surface area contributed by atoms with Crippen LogP contribution in [0.4, 0.5) is 34.1 Å². The summed E-state index contributed by atoms with van der Waals surface area (Å²) in [6.45, 7) is 18.6. The fourth-order valence-electron chi connectivity index (χ4n) is 21.2. The van der Waals surface area contributed by atoms with Gasteiger partial charge in [-0.15, -0.1) is 0 Å². The van der Waals surface area contributed by atoms with Gasteiger partial charge in [-0.3, -0.25) is 58.7 Å². The minimum Gasteiger partial charge on any atom is -0.493 e. The molecule has 6 atom stereocenters. The maximum atomic E-state index is 13.7. The van der Waals surface area contributed by atoms with Gasteiger partial charge in [0.2, 0.25) is 0 Å². The van der Waals surface area contributed by atoms with Gasteiger partial charge in [-0.1, -0.05) is 102 Å². The largest absolute Gasteiger partial charge is 0.493 e. The van der Waals surface area contributed by atoms with E-state index in [1.807, 2.05) is 160 Å². The average molecular weight is 1940 g/mol. The van der Waals surface area contributed by atoms with Crippen LogP contribution in [0, 0.1) is 41.5 Å². The Hall–Kier alpha value is -15.0. The number of rotatable bonds is 28. The predicted octanol–water partition coefficient (Wildman–Crippen LogP) is 21.3. The Kier molecular flexibility index (Phi) is 28.6. The van der Waals surface area contributed by atoms with E-state index in [4.69, 9.17) is 62.6 Å². The van der Waals surface area contributed by atoms with E-state index in [1.165, 1.54) is 50.1 Å². The SMILES string of the molecule is COc1cc2c(cc1OCCCCCOc1cc3c(cc1C)C(=O)N1C=C(c4ccc(C)cc4)C[C@H]1C=N3)N=C[C@@H]1Cc3ccc(C)cc3CN1C2=O.COc1cc2c(cc1OCCCCCOc1cc3c(cc1C)C(=O)N1CCC[C@H]1C=N3)N=C[C@@H]1Cc3ccc(C)cc3CN1C2=O.COc1cc2c(cc1OCCCCCOc1cc3c(cc1C)C(=O)N1CCC[C@H]1C=N3)N=C[C@@H]1Cc3ccccc3CN1C2=O. The fraction of sp³-hybridized carbons (Fsp3) is 0.368. The number of ether oxygens (including phenoxy) is 9. The molecule has 27 heteroatoms. The van der Waals surface area contributed by atoms with Gasteiger partial charge in [0.25, 0.3) is 35.4 Å². The smallest absolute Gasteiger partial charge is 0.260 e. The molecule has 2 fully saturated rings. The highest BCUT2D eigenvalue weighted by Crippen LogP contribution is 2.46. The maximum absolute atomic E-state index is 13.7. The van der Waals surface area contributed by atoms with E-state index in [9.17, 15) is 28.8 Å². The molecule has 144 heavy (non-hydrogen) atoms. The summed E-state index contributed by atoms with van der Waals surface area (Å²) in [5.74, 6) is 5.52. The molecule has 0 unspecified atom stereocenters. The summed E-state index contributed by atoms with van der Waals surface area (Å²) in [5, 5.41) is 0. The van der Waals surface area contributed by atoms with Crippen LogP contribution in [0.1, 0.15) is 224 Å². The lowest BCUT2D eigenvalue weighted by atomic mass is 9.93. The molecule has 0 N–H and O–H groups in total. The molecule has 2 saturated heterocycles. The van der Waals surface area contributed by atoms with Crippen molar-refractivity contribution < 1.29 is 71.4 Å². The van der Waals surface area contributed by atoms with Crippen LogP contribution in [-0.2, 0) is 38.9 Å². The second kappa shape index (κ2) is 42.6. The normalized spacial score (nSPS) is 19.1. The third kappa shape index (κ3) is 20.4. The number of carbonyl (C=O) groups excluding carboxylic acids is 6. The molecule has 740 valence electrons. The molecule has 10 aromatic carbocycles. The molecule has 0 bridgehead atoms. The Balaban J connectivity index is 0.000000132. The first-order valence-electron chi connectivity index (χ1n) is 50.7. The number of fused-ring (bicyclic) bond motifs is 15. The maximum Gasteiger partial charge on any atom is 0.260 e. The van der Waals surface area contributed by atoms with E-state index in [0.29, 0.717) is 161 Å². The van der Waals surface area contributed by atoms with E-state index >= 15 is 0 Å². The van der Waals surface area contributed by atoms with Crippen LogP contribution in [0.2, 0.25) is 0 Å². The first kappa shape index (κ1) is 96.5. The van der Waals surface area contributed by atoms with Gasteiger partial charge in [-0.05, 0) is 242 Å². The summed E-state index contributed by atoms with van der Waals surface area (Å²) in [7, 11) is 4.77. The van der Waals surface area contributed by atoms with Crippen molar-refractivity contribution in [3.05, 3.63) is 270 Å². The van der Waals surface area contributed by atoms with Crippen LogP contribution >= 0.6 is 0 Å². The second-order valence-corrected chi connectivity index (χ2v) is 39.3. The van der Waals surface area contributed by atoms with E-state index in [0.717, 1.165) is 167 Å². The van der Waals surface area contributed by atoms with Crippen molar-refractivity contribution in [2.45, 2.75) is 207 Å². The third-order valence-electron chi connectivity index (χ3n) is 29.3. The van der Waals surface area contributed by atoms with Crippen molar-refractivity contribution in [1.29, 1.82) is 0 Å². The van der Waals surface area contributed by atoms with Crippen LogP contribution in [-0.4, -0.2) is 212 Å². The number of hydrogen-bond donors (Lipinski definition) is 0. The number of aryl methyl sites for hydroxylation is 6. The number of benzene rings is 10. The number of amides is 6. The number of hydrogen-bond acceptors (Lipinski definition) is 21. The first-order chi connectivity index (χ1) is 70.1. The Morgan fingerprint density at radius 2 is 0.583 bits per heavy atom. The van der Waals surface area contributed by atoms with Gasteiger partial charge in [0.15, 0.2) is 34.5 Å². The number of unbranched alkanes of at least 4 members (excludes halogenated alkanes) is 6. The number of aliphatic imine (C=N–C) groups is 6. The van der Waals surface area contributed by atoms with E-state index < -0.39 is 0 Å². The average Bonchev–Trinajstić information content (AvgIpc) is 1.55. The molecule has 6 amide bonds. The van der Waals surface area contributed by atoms with Crippen molar-refractivity contribution >= 4 is 112 Å². The van der Waals surface area contributed by atoms with Gasteiger partial charge < -0.3 is 72.0 Å². The standard InChI is InChI=1S/C44H44N4O5.C37H40N4O5.C36H38N4O5/c1-27-8-11-30(12-9-27)33-19-35-24-45-38-21-40(29(3)17-36(38)43(49)48(35)26-33)52-14-6-5-7-15-53-42-22-39-37(20-41(42)51-4)44(50)47-25-32-16-28(2)10-13-31(32)18-34(47)23-46-39;1-23-9-10-25-16-28-21-39-32-19-35(34(44-3)17-30(32)37(43)41(28)22-26(25)14-23)46-13-6-4-5-12-45-33-18-31-29(15-24(33)2)36(42)40-11-7-8-27(40)20-38-31;1-23-15-28-30(37-20-26-11-8-12-39(26)35(28)41)18-32(23)44-13-6-3-7-14-45-34-19-31-29(17-33(34)43-2)36(42)40-22-25-10-5-4-9-24(25)16-27(40)21-38-31/h8-13,16-17,20-24,26,34-35H,5-7,14-15,18-19,25H2,1-4H3;9-10,14-15,17-21,27-28H,4-8,11-13,16,22H2,1-3H3;4-5,9-10,15,17-21,26-27H,3,6-8,11-14,16,22H2,1-2H3/t34-,35-;27-,28-;26-,27-/m000/s1.